The average molecular weight is 301 g/mol. The lowest BCUT2D eigenvalue weighted by molar-refractivity contribution is 0.768. The number of aryl methyl sites for hydroxylation is 1. The van der Waals surface area contributed by atoms with Crippen LogP contribution in [-0.4, -0.2) is 9.78 Å². The van der Waals surface area contributed by atoms with Crippen LogP contribution in [0.2, 0.25) is 5.02 Å². The van der Waals surface area contributed by atoms with Crippen LogP contribution in [0.15, 0.2) is 34.9 Å². The molecule has 0 atom stereocenters. The van der Waals surface area contributed by atoms with Gasteiger partial charge in [0.1, 0.15) is 5.82 Å². The number of halogens is 2. The van der Waals surface area contributed by atoms with Gasteiger partial charge in [-0.25, -0.2) is 0 Å². The Hall–Kier alpha value is -1.00. The fourth-order valence-electron chi connectivity index (χ4n) is 1.35. The Morgan fingerprint density at radius 1 is 1.44 bits per heavy atom. The van der Waals surface area contributed by atoms with Crippen molar-refractivity contribution in [2.75, 3.05) is 5.32 Å². The zero-order valence-electron chi connectivity index (χ0n) is 8.74. The zero-order chi connectivity index (χ0) is 11.5. The van der Waals surface area contributed by atoms with Crippen molar-refractivity contribution in [3.05, 3.63) is 45.5 Å². The first-order chi connectivity index (χ1) is 7.65. The van der Waals surface area contributed by atoms with Crippen LogP contribution in [0.1, 0.15) is 5.56 Å². The number of hydrogen-bond acceptors (Lipinski definition) is 2. The largest absolute Gasteiger partial charge is 0.365 e. The smallest absolute Gasteiger partial charge is 0.148 e. The maximum absolute atomic E-state index is 6.01. The van der Waals surface area contributed by atoms with E-state index in [1.165, 1.54) is 0 Å². The second-order valence-electron chi connectivity index (χ2n) is 3.48. The van der Waals surface area contributed by atoms with Crippen molar-refractivity contribution in [3.8, 4) is 0 Å². The summed E-state index contributed by atoms with van der Waals surface area (Å²) < 4.78 is 2.67. The van der Waals surface area contributed by atoms with Gasteiger partial charge in [-0.1, -0.05) is 17.7 Å². The summed E-state index contributed by atoms with van der Waals surface area (Å²) in [5.41, 5.74) is 1.12. The lowest BCUT2D eigenvalue weighted by Gasteiger charge is -2.04. The predicted octanol–water partition coefficient (Wildman–Crippen LogP) is 3.45. The summed E-state index contributed by atoms with van der Waals surface area (Å²) in [5, 5.41) is 8.17. The maximum atomic E-state index is 6.01. The molecule has 0 aliphatic heterocycles. The highest BCUT2D eigenvalue weighted by molar-refractivity contribution is 9.10. The van der Waals surface area contributed by atoms with Gasteiger partial charge < -0.3 is 5.32 Å². The van der Waals surface area contributed by atoms with Crippen molar-refractivity contribution in [1.82, 2.24) is 9.78 Å². The van der Waals surface area contributed by atoms with Gasteiger partial charge in [0.2, 0.25) is 0 Å². The minimum Gasteiger partial charge on any atom is -0.365 e. The molecule has 0 saturated carbocycles. The van der Waals surface area contributed by atoms with Crippen molar-refractivity contribution < 1.29 is 0 Å². The summed E-state index contributed by atoms with van der Waals surface area (Å²) in [4.78, 5) is 0. The molecule has 0 spiro atoms. The fraction of sp³-hybridized carbons (Fsp3) is 0.182. The Balaban J connectivity index is 2.02. The number of benzene rings is 1. The first-order valence-corrected chi connectivity index (χ1v) is 6.00. The van der Waals surface area contributed by atoms with E-state index in [0.29, 0.717) is 6.54 Å². The van der Waals surface area contributed by atoms with E-state index >= 15 is 0 Å². The zero-order valence-corrected chi connectivity index (χ0v) is 11.1. The number of aromatic nitrogens is 2. The van der Waals surface area contributed by atoms with Crippen LogP contribution in [-0.2, 0) is 13.6 Å². The molecule has 3 nitrogen and oxygen atoms in total. The Bertz CT molecular complexity index is 496. The van der Waals surface area contributed by atoms with E-state index in [2.05, 4.69) is 26.3 Å². The molecule has 0 radical (unpaired) electrons. The topological polar surface area (TPSA) is 29.9 Å². The Labute approximate surface area is 108 Å². The third-order valence-corrected chi connectivity index (χ3v) is 3.40. The van der Waals surface area contributed by atoms with Crippen LogP contribution in [0.5, 0.6) is 0 Å². The minimum atomic E-state index is 0.712. The molecule has 0 aliphatic carbocycles. The number of hydrogen-bond donors (Lipinski definition) is 1. The van der Waals surface area contributed by atoms with Gasteiger partial charge in [-0.05, 0) is 33.6 Å². The lowest BCUT2D eigenvalue weighted by atomic mass is 10.2. The molecule has 0 bridgehead atoms. The Kier molecular flexibility index (Phi) is 3.51. The van der Waals surface area contributed by atoms with Gasteiger partial charge in [-0.2, -0.15) is 5.10 Å². The van der Waals surface area contributed by atoms with Crippen LogP contribution in [0.4, 0.5) is 5.82 Å². The molecule has 1 N–H and O–H groups in total. The molecule has 0 unspecified atom stereocenters. The number of nitrogens with zero attached hydrogens (tertiary/aromatic N) is 2. The highest BCUT2D eigenvalue weighted by atomic mass is 79.9. The monoisotopic (exact) mass is 299 g/mol. The van der Waals surface area contributed by atoms with Gasteiger partial charge in [0.15, 0.2) is 0 Å². The van der Waals surface area contributed by atoms with E-state index in [-0.39, 0.29) is 0 Å². The Morgan fingerprint density at radius 2 is 2.25 bits per heavy atom. The lowest BCUT2D eigenvalue weighted by Crippen LogP contribution is -2.00. The summed E-state index contributed by atoms with van der Waals surface area (Å²) in [6, 6.07) is 7.83. The first-order valence-electron chi connectivity index (χ1n) is 4.82. The third-order valence-electron chi connectivity index (χ3n) is 2.17. The summed E-state index contributed by atoms with van der Waals surface area (Å²) in [6.07, 6.45) is 1.90. The second kappa shape index (κ2) is 4.89. The molecule has 1 heterocycles. The molecule has 1 aromatic heterocycles. The van der Waals surface area contributed by atoms with Gasteiger partial charge in [0, 0.05) is 30.3 Å². The quantitative estimate of drug-likeness (QED) is 0.941. The number of nitrogens with one attached hydrogen (secondary N) is 1. The molecule has 0 saturated heterocycles. The summed E-state index contributed by atoms with van der Waals surface area (Å²) in [6.45, 7) is 0.712. The number of anilines is 1. The van der Waals surface area contributed by atoms with E-state index in [4.69, 9.17) is 11.6 Å². The van der Waals surface area contributed by atoms with Gasteiger partial charge in [0.25, 0.3) is 0 Å². The van der Waals surface area contributed by atoms with Crippen molar-refractivity contribution in [2.45, 2.75) is 6.54 Å². The molecular formula is C11H11BrClN3. The van der Waals surface area contributed by atoms with Crippen molar-refractivity contribution in [3.63, 3.8) is 0 Å². The van der Waals surface area contributed by atoms with Gasteiger partial charge in [-0.15, -0.1) is 0 Å². The van der Waals surface area contributed by atoms with E-state index in [1.54, 1.807) is 4.68 Å². The van der Waals surface area contributed by atoms with Crippen LogP contribution in [0.25, 0.3) is 0 Å². The minimum absolute atomic E-state index is 0.712. The van der Waals surface area contributed by atoms with E-state index in [9.17, 15) is 0 Å². The molecule has 5 heteroatoms. The average Bonchev–Trinajstić information content (AvgIpc) is 2.66. The highest BCUT2D eigenvalue weighted by Crippen LogP contribution is 2.23. The summed E-state index contributed by atoms with van der Waals surface area (Å²) >= 11 is 9.37. The van der Waals surface area contributed by atoms with E-state index in [0.717, 1.165) is 20.9 Å². The molecule has 1 aromatic carbocycles. The fourth-order valence-corrected chi connectivity index (χ4v) is 1.80. The van der Waals surface area contributed by atoms with Gasteiger partial charge in [0.05, 0.1) is 5.02 Å². The molecular weight excluding hydrogens is 289 g/mol. The van der Waals surface area contributed by atoms with Gasteiger partial charge >= 0.3 is 0 Å². The van der Waals surface area contributed by atoms with Crippen molar-refractivity contribution in [2.24, 2.45) is 7.05 Å². The number of rotatable bonds is 3. The second-order valence-corrected chi connectivity index (χ2v) is 4.74. The molecule has 84 valence electrons. The van der Waals surface area contributed by atoms with Crippen molar-refractivity contribution >= 4 is 33.3 Å². The standard InChI is InChI=1S/C11H11BrClN3/c1-16-5-4-11(15-16)14-7-8-2-3-9(12)10(13)6-8/h2-6H,7H2,1H3,(H,14,15). The van der Waals surface area contributed by atoms with Crippen LogP contribution < -0.4 is 5.32 Å². The van der Waals surface area contributed by atoms with Crippen LogP contribution in [0, 0.1) is 0 Å². The van der Waals surface area contributed by atoms with E-state index in [1.807, 2.05) is 37.5 Å². The van der Waals surface area contributed by atoms with E-state index < -0.39 is 0 Å². The van der Waals surface area contributed by atoms with Crippen molar-refractivity contribution in [1.29, 1.82) is 0 Å². The maximum Gasteiger partial charge on any atom is 0.148 e. The summed E-state index contributed by atoms with van der Waals surface area (Å²) in [5.74, 6) is 0.863. The molecule has 2 aromatic rings. The van der Waals surface area contributed by atoms with Gasteiger partial charge in [-0.3, -0.25) is 4.68 Å². The van der Waals surface area contributed by atoms with Crippen LogP contribution >= 0.6 is 27.5 Å². The predicted molar refractivity (Wildman–Crippen MR) is 69.7 cm³/mol. The molecule has 0 fully saturated rings. The first kappa shape index (κ1) is 11.5. The summed E-state index contributed by atoms with van der Waals surface area (Å²) in [7, 11) is 1.89. The third kappa shape index (κ3) is 2.77. The molecule has 0 aliphatic rings. The molecule has 0 amide bonds. The highest BCUT2D eigenvalue weighted by Gasteiger charge is 2.00. The molecule has 16 heavy (non-hydrogen) atoms. The molecule has 2 rings (SSSR count). The SMILES string of the molecule is Cn1ccc(NCc2ccc(Br)c(Cl)c2)n1. The Morgan fingerprint density at radius 3 is 2.88 bits per heavy atom. The normalized spacial score (nSPS) is 10.4. The van der Waals surface area contributed by atoms with Crippen LogP contribution in [0.3, 0.4) is 0 Å².